The van der Waals surface area contributed by atoms with Gasteiger partial charge in [0.25, 0.3) is 5.91 Å². The Kier molecular flexibility index (Phi) is 5.50. The second kappa shape index (κ2) is 8.44. The van der Waals surface area contributed by atoms with Crippen molar-refractivity contribution in [3.63, 3.8) is 0 Å². The third kappa shape index (κ3) is 3.64. The minimum absolute atomic E-state index is 0.0218. The zero-order valence-electron chi connectivity index (χ0n) is 18.1. The van der Waals surface area contributed by atoms with Crippen molar-refractivity contribution in [2.45, 2.75) is 45.3 Å². The largest absolute Gasteiger partial charge is 0.354 e. The minimum Gasteiger partial charge on any atom is -0.354 e. The van der Waals surface area contributed by atoms with Gasteiger partial charge in [0.05, 0.1) is 22.5 Å². The number of para-hydroxylation sites is 2. The number of rotatable bonds is 6. The third-order valence-electron chi connectivity index (χ3n) is 6.46. The lowest BCUT2D eigenvalue weighted by molar-refractivity contribution is 0.0966. The van der Waals surface area contributed by atoms with Crippen LogP contribution in [0.4, 0.5) is 0 Å². The Labute approximate surface area is 186 Å². The molecule has 4 aromatic rings. The molecule has 5 rings (SSSR count). The standard InChI is InChI=1S/C25H28N4OS/c1-3-29-21-12-6-5-11-20(21)27-23(29)16-28-14-8-9-17(28)15-19-18-10-4-7-13-22(18)31-24(19)25(30)26-2/h4-7,10-13,17H,3,8-9,14-16H2,1-2H3,(H,26,30)/t17-/m0/s1. The number of carbonyl (C=O) groups excluding carboxylic acids is 1. The van der Waals surface area contributed by atoms with Crippen LogP contribution in [-0.2, 0) is 19.5 Å². The molecule has 1 aliphatic heterocycles. The SMILES string of the molecule is CCn1c(CN2CCC[C@H]2Cc2c(C(=O)NC)sc3ccccc23)nc2ccccc21. The van der Waals surface area contributed by atoms with Crippen molar-refractivity contribution in [3.05, 3.63) is 64.8 Å². The number of nitrogens with zero attached hydrogens (tertiary/aromatic N) is 3. The molecule has 1 atom stereocenters. The number of nitrogens with one attached hydrogen (secondary N) is 1. The summed E-state index contributed by atoms with van der Waals surface area (Å²) in [6.45, 7) is 5.04. The second-order valence-electron chi connectivity index (χ2n) is 8.22. The topological polar surface area (TPSA) is 50.2 Å². The van der Waals surface area contributed by atoms with Crippen LogP contribution >= 0.6 is 11.3 Å². The van der Waals surface area contributed by atoms with E-state index in [4.69, 9.17) is 4.98 Å². The average Bonchev–Trinajstić information content (AvgIpc) is 3.49. The van der Waals surface area contributed by atoms with E-state index in [0.29, 0.717) is 6.04 Å². The molecule has 2 aromatic heterocycles. The van der Waals surface area contributed by atoms with E-state index in [1.165, 1.54) is 27.6 Å². The third-order valence-corrected chi connectivity index (χ3v) is 7.68. The normalized spacial score (nSPS) is 17.0. The van der Waals surface area contributed by atoms with Gasteiger partial charge in [-0.15, -0.1) is 11.3 Å². The summed E-state index contributed by atoms with van der Waals surface area (Å²) < 4.78 is 3.52. The molecule has 1 saturated heterocycles. The van der Waals surface area contributed by atoms with Gasteiger partial charge in [-0.25, -0.2) is 4.98 Å². The molecule has 160 valence electrons. The molecule has 1 fully saturated rings. The molecule has 0 saturated carbocycles. The lowest BCUT2D eigenvalue weighted by atomic mass is 10.0. The summed E-state index contributed by atoms with van der Waals surface area (Å²) in [5.41, 5.74) is 3.48. The maximum absolute atomic E-state index is 12.6. The van der Waals surface area contributed by atoms with E-state index in [0.717, 1.165) is 48.7 Å². The van der Waals surface area contributed by atoms with Crippen molar-refractivity contribution < 1.29 is 4.79 Å². The van der Waals surface area contributed by atoms with Gasteiger partial charge in [0.15, 0.2) is 0 Å². The number of likely N-dealkylation sites (tertiary alicyclic amines) is 1. The number of hydrogen-bond acceptors (Lipinski definition) is 4. The van der Waals surface area contributed by atoms with Crippen molar-refractivity contribution in [2.24, 2.45) is 0 Å². The van der Waals surface area contributed by atoms with Gasteiger partial charge in [0.2, 0.25) is 0 Å². The number of amides is 1. The molecule has 31 heavy (non-hydrogen) atoms. The molecule has 0 spiro atoms. The van der Waals surface area contributed by atoms with Gasteiger partial charge >= 0.3 is 0 Å². The number of hydrogen-bond donors (Lipinski definition) is 1. The van der Waals surface area contributed by atoms with E-state index in [1.54, 1.807) is 18.4 Å². The number of benzene rings is 2. The van der Waals surface area contributed by atoms with Gasteiger partial charge in [0, 0.05) is 24.3 Å². The number of carbonyl (C=O) groups is 1. The maximum Gasteiger partial charge on any atom is 0.261 e. The van der Waals surface area contributed by atoms with Crippen LogP contribution in [-0.4, -0.2) is 40.0 Å². The van der Waals surface area contributed by atoms with Crippen LogP contribution in [0, 0.1) is 0 Å². The lowest BCUT2D eigenvalue weighted by Gasteiger charge is -2.25. The van der Waals surface area contributed by atoms with Gasteiger partial charge in [-0.1, -0.05) is 30.3 Å². The monoisotopic (exact) mass is 432 g/mol. The van der Waals surface area contributed by atoms with Crippen LogP contribution in [0.2, 0.25) is 0 Å². The highest BCUT2D eigenvalue weighted by molar-refractivity contribution is 7.21. The fraction of sp³-hybridized carbons (Fsp3) is 0.360. The van der Waals surface area contributed by atoms with Crippen LogP contribution in [0.3, 0.4) is 0 Å². The van der Waals surface area contributed by atoms with E-state index in [1.807, 2.05) is 6.07 Å². The second-order valence-corrected chi connectivity index (χ2v) is 9.27. The molecular formula is C25H28N4OS. The highest BCUT2D eigenvalue weighted by Crippen LogP contribution is 2.35. The Balaban J connectivity index is 1.45. The average molecular weight is 433 g/mol. The Morgan fingerprint density at radius 1 is 1.19 bits per heavy atom. The Morgan fingerprint density at radius 2 is 2.00 bits per heavy atom. The molecule has 3 heterocycles. The number of aromatic nitrogens is 2. The zero-order valence-corrected chi connectivity index (χ0v) is 18.9. The number of aryl methyl sites for hydroxylation is 1. The predicted molar refractivity (Wildman–Crippen MR) is 128 cm³/mol. The molecule has 0 unspecified atom stereocenters. The van der Waals surface area contributed by atoms with E-state index < -0.39 is 0 Å². The molecule has 0 bridgehead atoms. The summed E-state index contributed by atoms with van der Waals surface area (Å²) in [6, 6.07) is 17.2. The van der Waals surface area contributed by atoms with Crippen molar-refractivity contribution in [3.8, 4) is 0 Å². The summed E-state index contributed by atoms with van der Waals surface area (Å²) in [7, 11) is 1.72. The molecule has 2 aromatic carbocycles. The first-order valence-electron chi connectivity index (χ1n) is 11.1. The molecular weight excluding hydrogens is 404 g/mol. The summed E-state index contributed by atoms with van der Waals surface area (Å²) in [5, 5.41) is 4.05. The van der Waals surface area contributed by atoms with Gasteiger partial charge in [-0.2, -0.15) is 0 Å². The first-order chi connectivity index (χ1) is 15.2. The Bertz CT molecular complexity index is 1240. The highest BCUT2D eigenvalue weighted by atomic mass is 32.1. The molecule has 1 N–H and O–H groups in total. The number of fused-ring (bicyclic) bond motifs is 2. The van der Waals surface area contributed by atoms with Crippen LogP contribution in [0.5, 0.6) is 0 Å². The minimum atomic E-state index is 0.0218. The lowest BCUT2D eigenvalue weighted by Crippen LogP contribution is -2.32. The quantitative estimate of drug-likeness (QED) is 0.474. The molecule has 6 heteroatoms. The summed E-state index contributed by atoms with van der Waals surface area (Å²) in [5.74, 6) is 1.16. The van der Waals surface area contributed by atoms with Crippen molar-refractivity contribution in [1.29, 1.82) is 0 Å². The van der Waals surface area contributed by atoms with Gasteiger partial charge in [-0.05, 0) is 61.9 Å². The van der Waals surface area contributed by atoms with Crippen molar-refractivity contribution in [2.75, 3.05) is 13.6 Å². The van der Waals surface area contributed by atoms with E-state index in [9.17, 15) is 4.79 Å². The first kappa shape index (κ1) is 20.2. The molecule has 5 nitrogen and oxygen atoms in total. The van der Waals surface area contributed by atoms with Crippen molar-refractivity contribution >= 4 is 38.4 Å². The van der Waals surface area contributed by atoms with Gasteiger partial charge in [-0.3, -0.25) is 9.69 Å². The van der Waals surface area contributed by atoms with Crippen LogP contribution in [0.25, 0.3) is 21.1 Å². The summed E-state index contributed by atoms with van der Waals surface area (Å²) in [4.78, 5) is 21.0. The van der Waals surface area contributed by atoms with Crippen LogP contribution < -0.4 is 5.32 Å². The Morgan fingerprint density at radius 3 is 2.84 bits per heavy atom. The highest BCUT2D eigenvalue weighted by Gasteiger charge is 2.29. The predicted octanol–water partition coefficient (Wildman–Crippen LogP) is 4.84. The summed E-state index contributed by atoms with van der Waals surface area (Å²) in [6.07, 6.45) is 3.25. The van der Waals surface area contributed by atoms with E-state index in [-0.39, 0.29) is 5.91 Å². The van der Waals surface area contributed by atoms with Crippen molar-refractivity contribution in [1.82, 2.24) is 19.8 Å². The fourth-order valence-electron chi connectivity index (χ4n) is 4.95. The van der Waals surface area contributed by atoms with E-state index >= 15 is 0 Å². The van der Waals surface area contributed by atoms with Crippen LogP contribution in [0.1, 0.15) is 40.8 Å². The smallest absolute Gasteiger partial charge is 0.261 e. The van der Waals surface area contributed by atoms with Crippen LogP contribution in [0.15, 0.2) is 48.5 Å². The van der Waals surface area contributed by atoms with Gasteiger partial charge < -0.3 is 9.88 Å². The fourth-order valence-corrected chi connectivity index (χ4v) is 6.13. The van der Waals surface area contributed by atoms with Gasteiger partial charge in [0.1, 0.15) is 5.82 Å². The Hall–Kier alpha value is -2.70. The zero-order chi connectivity index (χ0) is 21.4. The number of thiophene rings is 1. The van der Waals surface area contributed by atoms with E-state index in [2.05, 4.69) is 64.2 Å². The molecule has 0 aliphatic carbocycles. The number of imidazole rings is 1. The molecule has 1 aliphatic rings. The molecule has 0 radical (unpaired) electrons. The maximum atomic E-state index is 12.6. The molecule has 1 amide bonds. The first-order valence-corrected chi connectivity index (χ1v) is 11.9. The summed E-state index contributed by atoms with van der Waals surface area (Å²) >= 11 is 1.61.